The Morgan fingerprint density at radius 1 is 1.42 bits per heavy atom. The second-order valence-corrected chi connectivity index (χ2v) is 2.32. The molecule has 0 amide bonds. The summed E-state index contributed by atoms with van der Waals surface area (Å²) in [7, 11) is 0. The maximum Gasteiger partial charge on any atom is 0.248 e. The fourth-order valence-electron chi connectivity index (χ4n) is 0.983. The molecule has 0 bridgehead atoms. The average Bonchev–Trinajstić information content (AvgIpc) is 2.17. The van der Waals surface area contributed by atoms with Gasteiger partial charge in [-0.25, -0.2) is 0 Å². The van der Waals surface area contributed by atoms with E-state index in [4.69, 9.17) is 9.47 Å². The minimum Gasteiger partial charge on any atom is -0.485 e. The molecule has 5 heteroatoms. The van der Waals surface area contributed by atoms with Crippen molar-refractivity contribution in [2.45, 2.75) is 12.3 Å². The monoisotopic (exact) mass is 166 g/mol. The van der Waals surface area contributed by atoms with Crippen LogP contribution in [0, 0.1) is 0 Å². The van der Waals surface area contributed by atoms with Gasteiger partial charge in [-0.05, 0) is 6.08 Å². The van der Waals surface area contributed by atoms with Gasteiger partial charge in [0.05, 0.1) is 0 Å². The molecule has 2 rings (SSSR count). The van der Waals surface area contributed by atoms with Crippen LogP contribution in [0.3, 0.4) is 0 Å². The summed E-state index contributed by atoms with van der Waals surface area (Å²) >= 11 is 0. The van der Waals surface area contributed by atoms with E-state index in [-0.39, 0.29) is 11.8 Å². The molecule has 2 heterocycles. The van der Waals surface area contributed by atoms with Crippen LogP contribution in [-0.2, 0) is 14.3 Å². The van der Waals surface area contributed by atoms with Crippen LogP contribution in [-0.4, -0.2) is 18.6 Å². The van der Waals surface area contributed by atoms with Crippen molar-refractivity contribution < 1.29 is 14.3 Å². The van der Waals surface area contributed by atoms with E-state index in [2.05, 4.69) is 10.2 Å². The number of hydrogen-bond acceptors (Lipinski definition) is 5. The molecular weight excluding hydrogens is 160 g/mol. The molecule has 12 heavy (non-hydrogen) atoms. The summed E-state index contributed by atoms with van der Waals surface area (Å²) in [4.78, 5) is 10.3. The van der Waals surface area contributed by atoms with Crippen molar-refractivity contribution in [2.24, 2.45) is 10.2 Å². The van der Waals surface area contributed by atoms with E-state index in [1.54, 1.807) is 6.08 Å². The quantitative estimate of drug-likeness (QED) is 0.540. The predicted molar refractivity (Wildman–Crippen MR) is 37.9 cm³/mol. The molecule has 0 aromatic carbocycles. The fourth-order valence-corrected chi connectivity index (χ4v) is 0.983. The number of carbonyl (C=O) groups excluding carboxylic acids is 1. The molecule has 0 fully saturated rings. The smallest absolute Gasteiger partial charge is 0.248 e. The minimum atomic E-state index is -0.446. The van der Waals surface area contributed by atoms with Crippen LogP contribution in [0.1, 0.15) is 0 Å². The van der Waals surface area contributed by atoms with E-state index in [1.807, 2.05) is 0 Å². The predicted octanol–water partition coefficient (Wildman–Crippen LogP) is 0.748. The number of fused-ring (bicyclic) bond motifs is 1. The first-order valence-electron chi connectivity index (χ1n) is 3.44. The molecule has 5 nitrogen and oxygen atoms in total. The molecule has 0 aromatic heterocycles. The molecule has 0 spiro atoms. The number of aldehydes is 1. The van der Waals surface area contributed by atoms with Crippen molar-refractivity contribution in [1.82, 2.24) is 0 Å². The van der Waals surface area contributed by atoms with E-state index >= 15 is 0 Å². The lowest BCUT2D eigenvalue weighted by Crippen LogP contribution is -2.30. The normalized spacial score (nSPS) is 31.2. The van der Waals surface area contributed by atoms with Gasteiger partial charge in [-0.15, -0.1) is 10.2 Å². The van der Waals surface area contributed by atoms with E-state index in [0.717, 1.165) is 0 Å². The van der Waals surface area contributed by atoms with Crippen LogP contribution < -0.4 is 0 Å². The lowest BCUT2D eigenvalue weighted by atomic mass is 10.2. The van der Waals surface area contributed by atoms with Gasteiger partial charge in [0.2, 0.25) is 6.23 Å². The number of nitrogens with zero attached hydrogens (tertiary/aromatic N) is 2. The first-order valence-corrected chi connectivity index (χ1v) is 3.44. The van der Waals surface area contributed by atoms with E-state index in [1.165, 1.54) is 12.5 Å². The number of allylic oxidation sites excluding steroid dienone is 1. The second kappa shape index (κ2) is 2.77. The highest BCUT2D eigenvalue weighted by molar-refractivity contribution is 5.72. The van der Waals surface area contributed by atoms with Gasteiger partial charge in [-0.1, -0.05) is 0 Å². The second-order valence-electron chi connectivity index (χ2n) is 2.32. The van der Waals surface area contributed by atoms with E-state index < -0.39 is 6.23 Å². The largest absolute Gasteiger partial charge is 0.485 e. The highest BCUT2D eigenvalue weighted by Gasteiger charge is 2.27. The molecule has 0 aromatic rings. The lowest BCUT2D eigenvalue weighted by Gasteiger charge is -2.24. The van der Waals surface area contributed by atoms with Crippen LogP contribution in [0.2, 0.25) is 0 Å². The number of azo groups is 1. The van der Waals surface area contributed by atoms with Crippen molar-refractivity contribution in [1.29, 1.82) is 0 Å². The Hall–Kier alpha value is -1.65. The van der Waals surface area contributed by atoms with Gasteiger partial charge in [0.1, 0.15) is 18.2 Å². The maximum absolute atomic E-state index is 10.3. The Labute approximate surface area is 68.4 Å². The Bertz CT molecular complexity index is 282. The summed E-state index contributed by atoms with van der Waals surface area (Å²) in [5, 5.41) is 7.34. The van der Waals surface area contributed by atoms with Crippen LogP contribution in [0.4, 0.5) is 0 Å². The molecule has 0 saturated carbocycles. The molecular formula is C7H6N2O3. The van der Waals surface area contributed by atoms with Gasteiger partial charge in [0.25, 0.3) is 0 Å². The van der Waals surface area contributed by atoms with E-state index in [9.17, 15) is 4.79 Å². The Balaban J connectivity index is 2.21. The summed E-state index contributed by atoms with van der Waals surface area (Å²) in [6.45, 7) is 0. The zero-order chi connectivity index (χ0) is 8.39. The third-order valence-electron chi connectivity index (χ3n) is 1.53. The zero-order valence-electron chi connectivity index (χ0n) is 6.08. The summed E-state index contributed by atoms with van der Waals surface area (Å²) < 4.78 is 10.2. The molecule has 0 saturated heterocycles. The Morgan fingerprint density at radius 3 is 3.08 bits per heavy atom. The van der Waals surface area contributed by atoms with Crippen LogP contribution >= 0.6 is 0 Å². The minimum absolute atomic E-state index is 0.273. The van der Waals surface area contributed by atoms with Gasteiger partial charge in [-0.3, -0.25) is 4.79 Å². The number of hydrogen-bond donors (Lipinski definition) is 0. The number of carbonyl (C=O) groups is 1. The first-order chi connectivity index (χ1) is 5.90. The van der Waals surface area contributed by atoms with E-state index in [0.29, 0.717) is 6.29 Å². The lowest BCUT2D eigenvalue weighted by molar-refractivity contribution is -0.105. The van der Waals surface area contributed by atoms with Crippen molar-refractivity contribution in [3.05, 3.63) is 24.3 Å². The summed E-state index contributed by atoms with van der Waals surface area (Å²) in [5.74, 6) is 0. The molecule has 62 valence electrons. The summed E-state index contributed by atoms with van der Waals surface area (Å²) in [6.07, 6.45) is 4.25. The Morgan fingerprint density at radius 2 is 2.25 bits per heavy atom. The molecule has 2 aliphatic heterocycles. The van der Waals surface area contributed by atoms with Crippen molar-refractivity contribution in [3.63, 3.8) is 0 Å². The standard InChI is InChI=1S/C7H6N2O3/c10-4-5-3-6-7(9-8-5)12-2-1-11-6/h1-4,6-7H. The molecule has 0 radical (unpaired) electrons. The third kappa shape index (κ3) is 1.09. The van der Waals surface area contributed by atoms with Crippen LogP contribution in [0.15, 0.2) is 34.5 Å². The first kappa shape index (κ1) is 7.02. The average molecular weight is 166 g/mol. The van der Waals surface area contributed by atoms with Gasteiger partial charge < -0.3 is 9.47 Å². The summed E-state index contributed by atoms with van der Waals surface area (Å²) in [5.41, 5.74) is 0.273. The fraction of sp³-hybridized carbons (Fsp3) is 0.286. The zero-order valence-corrected chi connectivity index (χ0v) is 6.08. The van der Waals surface area contributed by atoms with Crippen LogP contribution in [0.5, 0.6) is 0 Å². The van der Waals surface area contributed by atoms with Crippen LogP contribution in [0.25, 0.3) is 0 Å². The van der Waals surface area contributed by atoms with Gasteiger partial charge >= 0.3 is 0 Å². The highest BCUT2D eigenvalue weighted by Crippen LogP contribution is 2.19. The molecule has 2 aliphatic rings. The maximum atomic E-state index is 10.3. The number of rotatable bonds is 1. The van der Waals surface area contributed by atoms with Gasteiger partial charge in [0.15, 0.2) is 12.4 Å². The molecule has 2 atom stereocenters. The molecule has 2 unspecified atom stereocenters. The summed E-state index contributed by atoms with van der Waals surface area (Å²) in [6, 6.07) is 0. The van der Waals surface area contributed by atoms with Gasteiger partial charge in [-0.2, -0.15) is 0 Å². The van der Waals surface area contributed by atoms with Crippen molar-refractivity contribution in [3.8, 4) is 0 Å². The van der Waals surface area contributed by atoms with Crippen molar-refractivity contribution in [2.75, 3.05) is 0 Å². The number of ether oxygens (including phenoxy) is 2. The highest BCUT2D eigenvalue weighted by atomic mass is 16.6. The third-order valence-corrected chi connectivity index (χ3v) is 1.53. The molecule has 0 N–H and O–H groups in total. The topological polar surface area (TPSA) is 60.2 Å². The Kier molecular flexibility index (Phi) is 1.62. The molecule has 0 aliphatic carbocycles. The van der Waals surface area contributed by atoms with Crippen molar-refractivity contribution >= 4 is 6.29 Å². The SMILES string of the molecule is O=CC1=CC2OC=COC2N=N1. The van der Waals surface area contributed by atoms with Gasteiger partial charge in [0, 0.05) is 0 Å².